The highest BCUT2D eigenvalue weighted by molar-refractivity contribution is 6.45. The summed E-state index contributed by atoms with van der Waals surface area (Å²) in [6.07, 6.45) is 6.47. The smallest absolute Gasteiger partial charge is 0.225 e. The predicted octanol–water partition coefficient (Wildman–Crippen LogP) is 1.76. The zero-order valence-electron chi connectivity index (χ0n) is 15.5. The van der Waals surface area contributed by atoms with Gasteiger partial charge in [-0.25, -0.2) is 0 Å². The van der Waals surface area contributed by atoms with Crippen LogP contribution in [0, 0.1) is 28.6 Å². The first-order valence-corrected chi connectivity index (χ1v) is 9.48. The molecule has 4 rings (SSSR count). The molecule has 0 spiro atoms. The summed E-state index contributed by atoms with van der Waals surface area (Å²) in [7, 11) is 0. The molecule has 0 aromatic carbocycles. The van der Waals surface area contributed by atoms with Crippen LogP contribution in [0.1, 0.15) is 46.5 Å². The van der Waals surface area contributed by atoms with Crippen molar-refractivity contribution in [3.63, 3.8) is 0 Å². The molecule has 0 saturated heterocycles. The number of fused-ring (bicyclic) bond motifs is 5. The van der Waals surface area contributed by atoms with E-state index in [1.165, 1.54) is 13.0 Å². The Morgan fingerprint density at radius 2 is 1.81 bits per heavy atom. The molecule has 0 heterocycles. The summed E-state index contributed by atoms with van der Waals surface area (Å²) >= 11 is 0. The van der Waals surface area contributed by atoms with Crippen LogP contribution in [0.3, 0.4) is 0 Å². The first-order chi connectivity index (χ1) is 12.1. The minimum Gasteiger partial charge on any atom is -0.385 e. The lowest BCUT2D eigenvalue weighted by atomic mass is 9.46. The summed E-state index contributed by atoms with van der Waals surface area (Å²) in [5.74, 6) is -1.87. The van der Waals surface area contributed by atoms with Crippen molar-refractivity contribution in [3.05, 3.63) is 23.8 Å². The number of aliphatic hydroxyl groups excluding tert-OH is 1. The maximum Gasteiger partial charge on any atom is 0.225 e. The van der Waals surface area contributed by atoms with Crippen molar-refractivity contribution >= 4 is 17.3 Å². The first-order valence-electron chi connectivity index (χ1n) is 9.48. The van der Waals surface area contributed by atoms with Crippen LogP contribution in [0.4, 0.5) is 0 Å². The van der Waals surface area contributed by atoms with Crippen LogP contribution < -0.4 is 0 Å². The van der Waals surface area contributed by atoms with Gasteiger partial charge < -0.3 is 10.2 Å². The van der Waals surface area contributed by atoms with Crippen molar-refractivity contribution in [1.29, 1.82) is 0 Å². The van der Waals surface area contributed by atoms with Gasteiger partial charge in [0.15, 0.2) is 5.78 Å². The van der Waals surface area contributed by atoms with E-state index in [1.54, 1.807) is 6.08 Å². The second-order valence-electron chi connectivity index (χ2n) is 9.06. The zero-order valence-corrected chi connectivity index (χ0v) is 15.5. The SMILES string of the molecule is CC(=O)[C@@]1(O)CC[C@H]2[C@@H]3C(=O)C(=O)C4=CC(O)C=C[C@]4(C)[C@H]3CC[C@@]21C. The van der Waals surface area contributed by atoms with Crippen LogP contribution in [-0.4, -0.2) is 39.3 Å². The lowest BCUT2D eigenvalue weighted by Crippen LogP contribution is -2.60. The molecule has 0 bridgehead atoms. The van der Waals surface area contributed by atoms with E-state index in [4.69, 9.17) is 0 Å². The fourth-order valence-electron chi connectivity index (χ4n) is 6.50. The van der Waals surface area contributed by atoms with E-state index in [9.17, 15) is 24.6 Å². The predicted molar refractivity (Wildman–Crippen MR) is 94.0 cm³/mol. The third-order valence-corrected chi connectivity index (χ3v) is 8.10. The Bertz CT molecular complexity index is 779. The zero-order chi connectivity index (χ0) is 19.1. The highest BCUT2D eigenvalue weighted by Crippen LogP contribution is 2.65. The molecule has 5 nitrogen and oxygen atoms in total. The van der Waals surface area contributed by atoms with E-state index in [2.05, 4.69) is 0 Å². The van der Waals surface area contributed by atoms with Gasteiger partial charge in [-0.15, -0.1) is 0 Å². The largest absolute Gasteiger partial charge is 0.385 e. The van der Waals surface area contributed by atoms with Crippen molar-refractivity contribution in [2.24, 2.45) is 28.6 Å². The Morgan fingerprint density at radius 3 is 2.46 bits per heavy atom. The molecule has 26 heavy (non-hydrogen) atoms. The average Bonchev–Trinajstić information content (AvgIpc) is 2.87. The Balaban J connectivity index is 1.81. The van der Waals surface area contributed by atoms with Crippen molar-refractivity contribution in [1.82, 2.24) is 0 Å². The molecule has 3 fully saturated rings. The van der Waals surface area contributed by atoms with Gasteiger partial charge in [0.05, 0.1) is 6.10 Å². The number of carbonyl (C=O) groups excluding carboxylic acids is 3. The van der Waals surface area contributed by atoms with Gasteiger partial charge >= 0.3 is 0 Å². The second-order valence-corrected chi connectivity index (χ2v) is 9.06. The van der Waals surface area contributed by atoms with Crippen molar-refractivity contribution in [2.45, 2.75) is 58.2 Å². The van der Waals surface area contributed by atoms with Crippen molar-refractivity contribution < 1.29 is 24.6 Å². The van der Waals surface area contributed by atoms with Gasteiger partial charge in [-0.1, -0.05) is 26.0 Å². The molecule has 0 aliphatic heterocycles. The Hall–Kier alpha value is -1.59. The Morgan fingerprint density at radius 1 is 1.15 bits per heavy atom. The van der Waals surface area contributed by atoms with Gasteiger partial charge in [-0.3, -0.25) is 14.4 Å². The van der Waals surface area contributed by atoms with Gasteiger partial charge in [0.1, 0.15) is 5.60 Å². The number of aliphatic hydroxyl groups is 2. The molecule has 140 valence electrons. The summed E-state index contributed by atoms with van der Waals surface area (Å²) < 4.78 is 0. The highest BCUT2D eigenvalue weighted by atomic mass is 16.3. The molecule has 4 aliphatic rings. The van der Waals surface area contributed by atoms with Crippen LogP contribution in [0.2, 0.25) is 0 Å². The molecule has 0 radical (unpaired) electrons. The standard InChI is InChI=1S/C21H26O5/c1-11(22)21(26)9-6-14-16-13(5-8-20(14,21)3)19(2)7-4-12(23)10-15(19)17(24)18(16)25/h4,7,10,12-14,16,23,26H,5-6,8-9H2,1-3H3/t12?,13-,14-,16+,19+,20-,21-/m0/s1. The molecular weight excluding hydrogens is 332 g/mol. The minimum atomic E-state index is -1.42. The van der Waals surface area contributed by atoms with E-state index in [-0.39, 0.29) is 17.6 Å². The van der Waals surface area contributed by atoms with E-state index >= 15 is 0 Å². The number of Topliss-reactive ketones (excluding diaryl/α,β-unsaturated/α-hetero) is 3. The molecule has 2 N–H and O–H groups in total. The molecule has 3 saturated carbocycles. The molecule has 0 amide bonds. The lowest BCUT2D eigenvalue weighted by Gasteiger charge is -2.56. The number of carbonyl (C=O) groups is 3. The summed E-state index contributed by atoms with van der Waals surface area (Å²) in [4.78, 5) is 38.1. The second kappa shape index (κ2) is 5.23. The molecular formula is C21H26O5. The summed E-state index contributed by atoms with van der Waals surface area (Å²) in [6.45, 7) is 5.30. The Kier molecular flexibility index (Phi) is 3.58. The fraction of sp³-hybridized carbons (Fsp3) is 0.667. The van der Waals surface area contributed by atoms with Gasteiger partial charge in [-0.2, -0.15) is 0 Å². The monoisotopic (exact) mass is 358 g/mol. The number of allylic oxidation sites excluding steroid dienone is 2. The highest BCUT2D eigenvalue weighted by Gasteiger charge is 2.68. The number of ketones is 3. The van der Waals surface area contributed by atoms with Crippen molar-refractivity contribution in [2.75, 3.05) is 0 Å². The maximum absolute atomic E-state index is 13.1. The molecule has 7 atom stereocenters. The topological polar surface area (TPSA) is 91.7 Å². The third kappa shape index (κ3) is 1.91. The van der Waals surface area contributed by atoms with E-state index in [0.717, 1.165) is 0 Å². The molecule has 0 aromatic heterocycles. The van der Waals surface area contributed by atoms with Crippen LogP contribution in [0.5, 0.6) is 0 Å². The first kappa shape index (κ1) is 17.8. The molecule has 4 aliphatic carbocycles. The molecule has 1 unspecified atom stereocenters. The fourth-order valence-corrected chi connectivity index (χ4v) is 6.50. The minimum absolute atomic E-state index is 0.0462. The maximum atomic E-state index is 13.1. The van der Waals surface area contributed by atoms with Gasteiger partial charge in [0, 0.05) is 22.3 Å². The molecule has 0 aromatic rings. The summed E-state index contributed by atoms with van der Waals surface area (Å²) in [5, 5.41) is 21.0. The number of rotatable bonds is 1. The number of hydrogen-bond donors (Lipinski definition) is 2. The van der Waals surface area contributed by atoms with Gasteiger partial charge in [0.2, 0.25) is 11.6 Å². The van der Waals surface area contributed by atoms with Crippen LogP contribution >= 0.6 is 0 Å². The third-order valence-electron chi connectivity index (χ3n) is 8.10. The van der Waals surface area contributed by atoms with E-state index < -0.39 is 40.0 Å². The summed E-state index contributed by atoms with van der Waals surface area (Å²) in [5.41, 5.74) is -2.26. The van der Waals surface area contributed by atoms with Gasteiger partial charge in [0.25, 0.3) is 0 Å². The van der Waals surface area contributed by atoms with Crippen LogP contribution in [-0.2, 0) is 14.4 Å². The quantitative estimate of drug-likeness (QED) is 0.550. The lowest BCUT2D eigenvalue weighted by molar-refractivity contribution is -0.165. The normalized spacial score (nSPS) is 50.0. The number of hydrogen-bond acceptors (Lipinski definition) is 5. The average molecular weight is 358 g/mol. The summed E-state index contributed by atoms with van der Waals surface area (Å²) in [6, 6.07) is 0. The Labute approximate surface area is 153 Å². The molecule has 5 heteroatoms. The van der Waals surface area contributed by atoms with Crippen molar-refractivity contribution in [3.8, 4) is 0 Å². The van der Waals surface area contributed by atoms with E-state index in [0.29, 0.717) is 31.3 Å². The van der Waals surface area contributed by atoms with E-state index in [1.807, 2.05) is 19.9 Å². The van der Waals surface area contributed by atoms with Gasteiger partial charge in [-0.05, 0) is 50.5 Å². The van der Waals surface area contributed by atoms with Crippen LogP contribution in [0.25, 0.3) is 0 Å². The van der Waals surface area contributed by atoms with Crippen LogP contribution in [0.15, 0.2) is 23.8 Å².